The topological polar surface area (TPSA) is 96.8 Å². The molecular weight excluding hydrogens is 545 g/mol. The van der Waals surface area contributed by atoms with Gasteiger partial charge in [-0.3, -0.25) is 9.36 Å². The molecule has 2 aromatic heterocycles. The van der Waals surface area contributed by atoms with E-state index >= 15 is 0 Å². The molecule has 0 saturated heterocycles. The third-order valence-corrected chi connectivity index (χ3v) is 7.62. The highest BCUT2D eigenvalue weighted by atomic mass is 35.5. The second kappa shape index (κ2) is 13.6. The van der Waals surface area contributed by atoms with Crippen molar-refractivity contribution in [3.63, 3.8) is 0 Å². The molecule has 0 spiro atoms. The van der Waals surface area contributed by atoms with E-state index in [1.54, 1.807) is 12.5 Å². The van der Waals surface area contributed by atoms with Crippen LogP contribution >= 0.6 is 23.2 Å². The van der Waals surface area contributed by atoms with Crippen LogP contribution in [0.2, 0.25) is 10.0 Å². The van der Waals surface area contributed by atoms with Gasteiger partial charge in [0.1, 0.15) is 24.0 Å². The Morgan fingerprint density at radius 1 is 0.950 bits per heavy atom. The molecule has 1 unspecified atom stereocenters. The minimum absolute atomic E-state index is 0.0586. The van der Waals surface area contributed by atoms with Gasteiger partial charge in [0.15, 0.2) is 0 Å². The fourth-order valence-electron chi connectivity index (χ4n) is 5.02. The SMILES string of the molecule is O=C(NCc1ccc(Cl)cc1)C(CC1CCCCC1)Nc1cc(-n2ccnc2)nc(NCc2cccc(Cl)c2)n1. The Balaban J connectivity index is 1.36. The molecule has 8 nitrogen and oxygen atoms in total. The van der Waals surface area contributed by atoms with Crippen molar-refractivity contribution < 1.29 is 4.79 Å². The van der Waals surface area contributed by atoms with Gasteiger partial charge < -0.3 is 16.0 Å². The van der Waals surface area contributed by atoms with E-state index in [9.17, 15) is 4.79 Å². The fourth-order valence-corrected chi connectivity index (χ4v) is 5.36. The van der Waals surface area contributed by atoms with Gasteiger partial charge in [0.05, 0.1) is 0 Å². The van der Waals surface area contributed by atoms with Crippen LogP contribution in [0.1, 0.15) is 49.7 Å². The van der Waals surface area contributed by atoms with Gasteiger partial charge in [0, 0.05) is 41.6 Å². The van der Waals surface area contributed by atoms with Gasteiger partial charge >= 0.3 is 0 Å². The van der Waals surface area contributed by atoms with Crippen molar-refractivity contribution in [2.24, 2.45) is 5.92 Å². The molecule has 2 heterocycles. The summed E-state index contributed by atoms with van der Waals surface area (Å²) in [4.78, 5) is 27.1. The first kappa shape index (κ1) is 27.9. The first-order valence-corrected chi connectivity index (χ1v) is 14.4. The van der Waals surface area contributed by atoms with Gasteiger partial charge in [-0.25, -0.2) is 4.98 Å². The van der Waals surface area contributed by atoms with Gasteiger partial charge in [-0.15, -0.1) is 0 Å². The molecule has 2 aromatic carbocycles. The number of halogens is 2. The zero-order chi connectivity index (χ0) is 27.7. The Morgan fingerprint density at radius 3 is 2.52 bits per heavy atom. The Hall–Kier alpha value is -3.62. The number of amides is 1. The van der Waals surface area contributed by atoms with E-state index < -0.39 is 6.04 Å². The lowest BCUT2D eigenvalue weighted by atomic mass is 9.84. The standard InChI is InChI=1S/C30H33Cl2N7O/c31-24-11-9-22(10-12-24)18-34-29(40)26(16-21-5-2-1-3-6-21)36-27-17-28(39-14-13-33-20-39)38-30(37-27)35-19-23-7-4-8-25(32)15-23/h4,7-15,17,20-21,26H,1-3,5-6,16,18-19H2,(H,34,40)(H2,35,36,37,38). The Bertz CT molecular complexity index is 1390. The minimum atomic E-state index is -0.443. The van der Waals surface area contributed by atoms with Crippen molar-refractivity contribution in [3.8, 4) is 5.82 Å². The molecule has 4 aromatic rings. The van der Waals surface area contributed by atoms with Crippen molar-refractivity contribution in [2.45, 2.75) is 57.7 Å². The maximum Gasteiger partial charge on any atom is 0.242 e. The van der Waals surface area contributed by atoms with Gasteiger partial charge in [-0.1, -0.05) is 79.6 Å². The van der Waals surface area contributed by atoms with Crippen molar-refractivity contribution >= 4 is 40.9 Å². The van der Waals surface area contributed by atoms with Crippen molar-refractivity contribution in [3.05, 3.63) is 94.5 Å². The van der Waals surface area contributed by atoms with Crippen LogP contribution in [0.15, 0.2) is 73.3 Å². The molecular formula is C30H33Cl2N7O. The van der Waals surface area contributed by atoms with Crippen molar-refractivity contribution in [2.75, 3.05) is 10.6 Å². The van der Waals surface area contributed by atoms with Crippen LogP contribution in [-0.4, -0.2) is 31.5 Å². The third-order valence-electron chi connectivity index (χ3n) is 7.13. The average molecular weight is 579 g/mol. The zero-order valence-corrected chi connectivity index (χ0v) is 23.7. The van der Waals surface area contributed by atoms with Crippen LogP contribution in [0.25, 0.3) is 5.82 Å². The Kier molecular flexibility index (Phi) is 9.52. The number of imidazole rings is 1. The lowest BCUT2D eigenvalue weighted by Crippen LogP contribution is -2.41. The lowest BCUT2D eigenvalue weighted by molar-refractivity contribution is -0.122. The number of rotatable bonds is 11. The van der Waals surface area contributed by atoms with Crippen LogP contribution in [0.4, 0.5) is 11.8 Å². The van der Waals surface area contributed by atoms with E-state index in [0.29, 0.717) is 46.6 Å². The highest BCUT2D eigenvalue weighted by Crippen LogP contribution is 2.28. The summed E-state index contributed by atoms with van der Waals surface area (Å²) in [5.74, 6) is 2.07. The monoisotopic (exact) mass is 577 g/mol. The molecule has 1 aliphatic carbocycles. The predicted octanol–water partition coefficient (Wildman–Crippen LogP) is 6.65. The molecule has 208 valence electrons. The first-order valence-electron chi connectivity index (χ1n) is 13.7. The van der Waals surface area contributed by atoms with Crippen LogP contribution in [0, 0.1) is 5.92 Å². The number of nitrogens with one attached hydrogen (secondary N) is 3. The number of aromatic nitrogens is 4. The van der Waals surface area contributed by atoms with Gasteiger partial charge in [0.2, 0.25) is 11.9 Å². The molecule has 3 N–H and O–H groups in total. The predicted molar refractivity (Wildman–Crippen MR) is 160 cm³/mol. The largest absolute Gasteiger partial charge is 0.358 e. The summed E-state index contributed by atoms with van der Waals surface area (Å²) in [5.41, 5.74) is 2.00. The van der Waals surface area contributed by atoms with E-state index in [4.69, 9.17) is 28.2 Å². The van der Waals surface area contributed by atoms with Crippen LogP contribution in [0.5, 0.6) is 0 Å². The summed E-state index contributed by atoms with van der Waals surface area (Å²) in [6.07, 6.45) is 11.9. The summed E-state index contributed by atoms with van der Waals surface area (Å²) < 4.78 is 1.81. The molecule has 0 bridgehead atoms. The number of anilines is 2. The summed E-state index contributed by atoms with van der Waals surface area (Å²) in [6, 6.07) is 16.5. The maximum atomic E-state index is 13.5. The molecule has 40 heavy (non-hydrogen) atoms. The fraction of sp³-hybridized carbons (Fsp3) is 0.333. The van der Waals surface area contributed by atoms with E-state index in [-0.39, 0.29) is 5.91 Å². The number of carbonyl (C=O) groups excluding carboxylic acids is 1. The van der Waals surface area contributed by atoms with E-state index in [1.807, 2.05) is 65.4 Å². The summed E-state index contributed by atoms with van der Waals surface area (Å²) >= 11 is 12.2. The smallest absolute Gasteiger partial charge is 0.242 e. The highest BCUT2D eigenvalue weighted by molar-refractivity contribution is 6.30. The van der Waals surface area contributed by atoms with E-state index in [2.05, 4.69) is 25.9 Å². The lowest BCUT2D eigenvalue weighted by Gasteiger charge is -2.27. The first-order chi connectivity index (χ1) is 19.5. The Morgan fingerprint density at radius 2 is 1.77 bits per heavy atom. The minimum Gasteiger partial charge on any atom is -0.358 e. The molecule has 0 aliphatic heterocycles. The number of benzene rings is 2. The molecule has 1 atom stereocenters. The van der Waals surface area contributed by atoms with E-state index in [0.717, 1.165) is 30.4 Å². The normalized spacial score (nSPS) is 14.4. The second-order valence-electron chi connectivity index (χ2n) is 10.2. The number of nitrogens with zero attached hydrogens (tertiary/aromatic N) is 4. The molecule has 1 aliphatic rings. The number of carbonyl (C=O) groups is 1. The number of hydrogen-bond acceptors (Lipinski definition) is 6. The molecule has 1 amide bonds. The van der Waals surface area contributed by atoms with Gasteiger partial charge in [0.25, 0.3) is 0 Å². The van der Waals surface area contributed by atoms with Crippen molar-refractivity contribution in [1.82, 2.24) is 24.8 Å². The number of hydrogen-bond donors (Lipinski definition) is 3. The summed E-state index contributed by atoms with van der Waals surface area (Å²) in [7, 11) is 0. The van der Waals surface area contributed by atoms with E-state index in [1.165, 1.54) is 19.3 Å². The highest BCUT2D eigenvalue weighted by Gasteiger charge is 2.25. The molecule has 5 rings (SSSR count). The summed E-state index contributed by atoms with van der Waals surface area (Å²) in [5, 5.41) is 11.2. The molecule has 1 fully saturated rings. The molecule has 0 radical (unpaired) electrons. The zero-order valence-electron chi connectivity index (χ0n) is 22.2. The maximum absolute atomic E-state index is 13.5. The second-order valence-corrected chi connectivity index (χ2v) is 11.0. The van der Waals surface area contributed by atoms with Crippen LogP contribution < -0.4 is 16.0 Å². The van der Waals surface area contributed by atoms with Gasteiger partial charge in [-0.2, -0.15) is 9.97 Å². The quantitative estimate of drug-likeness (QED) is 0.185. The summed E-state index contributed by atoms with van der Waals surface area (Å²) in [6.45, 7) is 0.926. The van der Waals surface area contributed by atoms with Crippen molar-refractivity contribution in [1.29, 1.82) is 0 Å². The molecule has 1 saturated carbocycles. The average Bonchev–Trinajstić information content (AvgIpc) is 3.51. The molecule has 10 heteroatoms. The van der Waals surface area contributed by atoms with Crippen LogP contribution in [-0.2, 0) is 17.9 Å². The van der Waals surface area contributed by atoms with Crippen LogP contribution in [0.3, 0.4) is 0 Å². The van der Waals surface area contributed by atoms with Gasteiger partial charge in [-0.05, 0) is 47.7 Å². The third kappa shape index (κ3) is 7.96. The Labute approximate surface area is 244 Å².